The van der Waals surface area contributed by atoms with Crippen LogP contribution in [0.2, 0.25) is 0 Å². The maximum atomic E-state index is 14.5. The topological polar surface area (TPSA) is 245 Å². The normalized spacial score (nSPS) is 24.1. The Morgan fingerprint density at radius 2 is 1.61 bits per heavy atom. The number of nitrogen functional groups attached to an aromatic ring is 1. The fourth-order valence-corrected chi connectivity index (χ4v) is 14.5. The molecule has 1 saturated carbocycles. The van der Waals surface area contributed by atoms with E-state index in [1.807, 2.05) is 81.0 Å². The number of piperazine rings is 1. The van der Waals surface area contributed by atoms with E-state index in [-0.39, 0.29) is 61.4 Å². The van der Waals surface area contributed by atoms with Crippen molar-refractivity contribution in [2.75, 3.05) is 79.4 Å². The van der Waals surface area contributed by atoms with Gasteiger partial charge in [0, 0.05) is 120 Å². The number of benzene rings is 2. The van der Waals surface area contributed by atoms with Crippen LogP contribution in [-0.4, -0.2) is 164 Å². The Hall–Kier alpha value is -6.91. The summed E-state index contributed by atoms with van der Waals surface area (Å²) < 4.78 is 19.1. The lowest BCUT2D eigenvalue weighted by atomic mass is 9.91. The molecule has 5 saturated heterocycles. The SMILES string of the molecule is Cc1ncsc1-c1ccc([C@@H](CCO)NC(=O)[C@@H]2C[C@@H](O)CN2C(=O)[C@@H](c2cc(N3CCC(CN4CCC(OC5CC(Oc6cc(N7C8CC[C@@H]7CN(c7cc(-c9ccccc9O)nnc7N)C8)ccn6)C5)CC4)CC3)no2)C(C)C)cc1. The summed E-state index contributed by atoms with van der Waals surface area (Å²) in [5.41, 5.74) is 14.3. The van der Waals surface area contributed by atoms with E-state index in [4.69, 9.17) is 19.7 Å². The molecule has 1 aliphatic carbocycles. The third-order valence-electron chi connectivity index (χ3n) is 18.2. The Kier molecular flexibility index (Phi) is 16.9. The number of phenols is 1. The molecular weight excluding hydrogens is 1070 g/mol. The largest absolute Gasteiger partial charge is 0.507 e. The van der Waals surface area contributed by atoms with Crippen LogP contribution in [0.25, 0.3) is 21.7 Å². The van der Waals surface area contributed by atoms with Crippen LogP contribution >= 0.6 is 11.3 Å². The zero-order valence-corrected chi connectivity index (χ0v) is 48.5. The van der Waals surface area contributed by atoms with Gasteiger partial charge in [-0.05, 0) is 99.1 Å². The molecule has 83 heavy (non-hydrogen) atoms. The second kappa shape index (κ2) is 24.7. The van der Waals surface area contributed by atoms with E-state index in [1.165, 1.54) is 4.90 Å². The molecule has 20 nitrogen and oxygen atoms in total. The molecule has 5 aliphatic heterocycles. The number of phenolic OH excluding ortho intramolecular Hbond substituents is 1. The number of thiazole rings is 1. The van der Waals surface area contributed by atoms with Crippen molar-refractivity contribution in [1.29, 1.82) is 0 Å². The zero-order chi connectivity index (χ0) is 57.3. The number of carbonyl (C=O) groups is 2. The predicted molar refractivity (Wildman–Crippen MR) is 317 cm³/mol. The number of aromatic hydroxyl groups is 1. The van der Waals surface area contributed by atoms with Crippen LogP contribution in [-0.2, 0) is 14.3 Å². The Morgan fingerprint density at radius 3 is 2.33 bits per heavy atom. The molecule has 9 heterocycles. The van der Waals surface area contributed by atoms with Crippen LogP contribution in [0.1, 0.15) is 107 Å². The number of aliphatic hydroxyl groups excluding tert-OH is 2. The molecule has 0 spiro atoms. The van der Waals surface area contributed by atoms with Crippen molar-refractivity contribution in [3.63, 3.8) is 0 Å². The van der Waals surface area contributed by atoms with E-state index in [1.54, 1.807) is 23.5 Å². The number of hydrogen-bond donors (Lipinski definition) is 5. The van der Waals surface area contributed by atoms with Gasteiger partial charge in [0.1, 0.15) is 23.8 Å². The number of pyridine rings is 1. The van der Waals surface area contributed by atoms with Gasteiger partial charge in [-0.2, -0.15) is 0 Å². The Labute approximate surface area is 489 Å². The summed E-state index contributed by atoms with van der Waals surface area (Å²) in [5, 5.41) is 47.5. The first-order valence-corrected chi connectivity index (χ1v) is 30.8. The number of aliphatic hydroxyl groups is 2. The van der Waals surface area contributed by atoms with Crippen molar-refractivity contribution in [1.82, 2.24) is 40.4 Å². The molecule has 2 bridgehead atoms. The molecule has 0 radical (unpaired) electrons. The second-order valence-electron chi connectivity index (χ2n) is 24.1. The summed E-state index contributed by atoms with van der Waals surface area (Å²) >= 11 is 1.57. The van der Waals surface area contributed by atoms with Crippen LogP contribution < -0.4 is 30.5 Å². The highest BCUT2D eigenvalue weighted by Gasteiger charge is 2.45. The summed E-state index contributed by atoms with van der Waals surface area (Å²) in [4.78, 5) is 49.8. The van der Waals surface area contributed by atoms with E-state index in [2.05, 4.69) is 62.4 Å². The number of aromatic nitrogens is 5. The van der Waals surface area contributed by atoms with Gasteiger partial charge in [0.15, 0.2) is 17.4 Å². The van der Waals surface area contributed by atoms with Gasteiger partial charge in [0.2, 0.25) is 17.7 Å². The smallest absolute Gasteiger partial charge is 0.243 e. The molecule has 6 atom stereocenters. The van der Waals surface area contributed by atoms with E-state index in [0.717, 1.165) is 130 Å². The van der Waals surface area contributed by atoms with Gasteiger partial charge < -0.3 is 64.9 Å². The van der Waals surface area contributed by atoms with Gasteiger partial charge in [-0.25, -0.2) is 9.97 Å². The lowest BCUT2D eigenvalue weighted by Gasteiger charge is -2.43. The molecular formula is C62H78N12O8S. The zero-order valence-electron chi connectivity index (χ0n) is 47.7. The number of β-amino-alcohol motifs (C(OH)–C–C–N with tert-alkyl or cyclic N) is 1. The Bertz CT molecular complexity index is 3180. The summed E-state index contributed by atoms with van der Waals surface area (Å²) in [6.45, 7) is 12.2. The number of likely N-dealkylation sites (tertiary alicyclic amines) is 2. The average molecular weight is 1150 g/mol. The maximum Gasteiger partial charge on any atom is 0.243 e. The molecule has 12 rings (SSSR count). The van der Waals surface area contributed by atoms with Crippen molar-refractivity contribution in [3.8, 4) is 33.3 Å². The number of carbonyl (C=O) groups excluding carboxylic acids is 2. The predicted octanol–water partition coefficient (Wildman–Crippen LogP) is 7.35. The first-order valence-electron chi connectivity index (χ1n) is 29.9. The van der Waals surface area contributed by atoms with Crippen LogP contribution in [0, 0.1) is 18.8 Å². The quantitative estimate of drug-likeness (QED) is 0.0532. The fourth-order valence-electron chi connectivity index (χ4n) is 13.7. The highest BCUT2D eigenvalue weighted by molar-refractivity contribution is 7.13. The third-order valence-corrected chi connectivity index (χ3v) is 19.2. The standard InChI is InChI=1S/C62H78N12O8S/c1-37(2)58(62(79)73-35-45(76)27-53(73)61(78)66-50(19-25-75)40-8-10-41(11-9-40)59-38(3)65-36-83-59)55-31-56(69-82-55)71-23-15-39(16-24-71)32-70-21-17-46(18-22-70)80-47-28-48(29-47)81-57-26-42(14-20-64-57)74-43-12-13-44(74)34-72(33-43)52-30-51(67-68-60(52)63)49-6-4-5-7-54(49)77/h4-11,14,20,26,30-31,36-37,39,43-48,50,53,58,75-77H,12-13,15-19,21-25,27-29,32-35H2,1-3H3,(H2,63,68)(H,66,78)/t43-,44?,45-,47?,48?,50-,53+,58-/m1/s1. The highest BCUT2D eigenvalue weighted by atomic mass is 32.1. The maximum absolute atomic E-state index is 14.5. The lowest BCUT2D eigenvalue weighted by molar-refractivity contribution is -0.141. The number of anilines is 4. The van der Waals surface area contributed by atoms with E-state index in [0.29, 0.717) is 59.0 Å². The number of nitrogens with two attached hydrogens (primary N) is 1. The van der Waals surface area contributed by atoms with Gasteiger partial charge >= 0.3 is 0 Å². The summed E-state index contributed by atoms with van der Waals surface area (Å²) in [5.74, 6) is 1.45. The van der Waals surface area contributed by atoms with Gasteiger partial charge in [0.25, 0.3) is 0 Å². The molecule has 440 valence electrons. The molecule has 21 heteroatoms. The number of rotatable bonds is 19. The van der Waals surface area contributed by atoms with Crippen LogP contribution in [0.5, 0.6) is 11.6 Å². The number of nitrogens with zero attached hydrogens (tertiary/aromatic N) is 10. The number of amides is 2. The minimum atomic E-state index is -0.881. The summed E-state index contributed by atoms with van der Waals surface area (Å²) in [6.07, 6.45) is 9.93. The molecule has 6 aromatic rings. The average Bonchev–Trinajstić information content (AvgIpc) is 4.51. The Morgan fingerprint density at radius 1 is 0.855 bits per heavy atom. The molecule has 4 aromatic heterocycles. The fraction of sp³-hybridized carbons (Fsp3) is 0.532. The number of nitrogens with one attached hydrogen (secondary N) is 1. The molecule has 2 amide bonds. The number of piperidine rings is 2. The van der Waals surface area contributed by atoms with Crippen molar-refractivity contribution >= 4 is 46.2 Å². The Balaban J connectivity index is 0.569. The van der Waals surface area contributed by atoms with Gasteiger partial charge in [0.05, 0.1) is 51.8 Å². The molecule has 2 aromatic carbocycles. The molecule has 6 fully saturated rings. The lowest BCUT2D eigenvalue weighted by Crippen LogP contribution is -2.54. The van der Waals surface area contributed by atoms with Gasteiger partial charge in [-0.3, -0.25) is 9.59 Å². The summed E-state index contributed by atoms with van der Waals surface area (Å²) in [7, 11) is 0. The van der Waals surface area contributed by atoms with Crippen LogP contribution in [0.3, 0.4) is 0 Å². The number of para-hydroxylation sites is 1. The van der Waals surface area contributed by atoms with Crippen LogP contribution in [0.15, 0.2) is 89.0 Å². The molecule has 6 aliphatic rings. The van der Waals surface area contributed by atoms with Crippen molar-refractivity contribution in [2.45, 2.75) is 139 Å². The van der Waals surface area contributed by atoms with E-state index in [9.17, 15) is 24.9 Å². The van der Waals surface area contributed by atoms with E-state index >= 15 is 0 Å². The monoisotopic (exact) mass is 1150 g/mol. The minimum Gasteiger partial charge on any atom is -0.507 e. The summed E-state index contributed by atoms with van der Waals surface area (Å²) in [6, 6.07) is 22.3. The molecule has 1 unspecified atom stereocenters. The first kappa shape index (κ1) is 56.6. The van der Waals surface area contributed by atoms with Gasteiger partial charge in [-0.1, -0.05) is 55.4 Å². The van der Waals surface area contributed by atoms with Crippen LogP contribution in [0.4, 0.5) is 23.0 Å². The molecule has 6 N–H and O–H groups in total. The highest BCUT2D eigenvalue weighted by Crippen LogP contribution is 2.41. The van der Waals surface area contributed by atoms with Crippen molar-refractivity contribution < 1.29 is 38.9 Å². The van der Waals surface area contributed by atoms with Gasteiger partial charge in [-0.15, -0.1) is 21.5 Å². The van der Waals surface area contributed by atoms with Crippen molar-refractivity contribution in [3.05, 3.63) is 102 Å². The number of ether oxygens (including phenoxy) is 2. The number of aryl methyl sites for hydroxylation is 1. The number of hydrogen-bond acceptors (Lipinski definition) is 19. The number of fused-ring (bicyclic) bond motifs is 2. The third kappa shape index (κ3) is 12.4. The van der Waals surface area contributed by atoms with E-state index < -0.39 is 24.1 Å². The first-order chi connectivity index (χ1) is 40.3. The van der Waals surface area contributed by atoms with Crippen molar-refractivity contribution in [2.24, 2.45) is 11.8 Å². The minimum absolute atomic E-state index is 0.0391. The second-order valence-corrected chi connectivity index (χ2v) is 25.0.